The van der Waals surface area contributed by atoms with Crippen molar-refractivity contribution in [1.82, 2.24) is 19.3 Å². The molecule has 6 nitrogen and oxygen atoms in total. The Morgan fingerprint density at radius 1 is 0.789 bits per heavy atom. The van der Waals surface area contributed by atoms with E-state index in [0.29, 0.717) is 0 Å². The van der Waals surface area contributed by atoms with Gasteiger partial charge in [-0.25, -0.2) is 9.13 Å². The Kier molecular flexibility index (Phi) is 3.24. The lowest BCUT2D eigenvalue weighted by molar-refractivity contribution is -0.720. The largest absolute Gasteiger partial charge is 0.339 e. The van der Waals surface area contributed by atoms with Gasteiger partial charge in [-0.2, -0.15) is 0 Å². The van der Waals surface area contributed by atoms with E-state index in [1.165, 1.54) is 0 Å². The Balaban J connectivity index is 2.14. The van der Waals surface area contributed by atoms with Crippen LogP contribution in [0.25, 0.3) is 0 Å². The van der Waals surface area contributed by atoms with Gasteiger partial charge in [0, 0.05) is 0 Å². The van der Waals surface area contributed by atoms with E-state index in [4.69, 9.17) is 0 Å². The normalized spacial score (nSPS) is 12.9. The molecule has 0 amide bonds. The lowest BCUT2D eigenvalue weighted by Crippen LogP contribution is -2.60. The van der Waals surface area contributed by atoms with Crippen LogP contribution in [0.4, 0.5) is 0 Å². The van der Waals surface area contributed by atoms with Crippen LogP contribution in [-0.2, 0) is 11.1 Å². The number of hydrogen-bond donors (Lipinski definition) is 0. The first kappa shape index (κ1) is 13.8. The predicted octanol–water partition coefficient (Wildman–Crippen LogP) is 0.0952. The SMILES string of the molecule is CC(C)(C)n1cn[n+]([B-][n+]2cn(C(C)(C)C)cn2)c1. The van der Waals surface area contributed by atoms with Gasteiger partial charge < -0.3 is 9.19 Å². The smallest absolute Gasteiger partial charge is 0.280 e. The first-order valence-corrected chi connectivity index (χ1v) is 6.43. The van der Waals surface area contributed by atoms with Crippen molar-refractivity contribution in [1.29, 1.82) is 0 Å². The fourth-order valence-corrected chi connectivity index (χ4v) is 1.54. The molecule has 0 unspecified atom stereocenters. The Bertz CT molecular complexity index is 507. The Morgan fingerprint density at radius 2 is 1.16 bits per heavy atom. The van der Waals surface area contributed by atoms with Crippen LogP contribution in [0.1, 0.15) is 41.5 Å². The predicted molar refractivity (Wildman–Crippen MR) is 71.4 cm³/mol. The van der Waals surface area contributed by atoms with Gasteiger partial charge in [-0.05, 0) is 41.5 Å². The Hall–Kier alpha value is -1.66. The Morgan fingerprint density at radius 3 is 1.42 bits per heavy atom. The van der Waals surface area contributed by atoms with Gasteiger partial charge in [0.25, 0.3) is 7.55 Å². The van der Waals surface area contributed by atoms with E-state index < -0.39 is 0 Å². The maximum atomic E-state index is 4.30. The van der Waals surface area contributed by atoms with Crippen LogP contribution < -0.4 is 9.19 Å². The maximum absolute atomic E-state index is 4.30. The van der Waals surface area contributed by atoms with Gasteiger partial charge in [0.05, 0.1) is 0 Å². The highest BCUT2D eigenvalue weighted by atomic mass is 15.4. The average Bonchev–Trinajstić information content (AvgIpc) is 2.84. The first-order valence-electron chi connectivity index (χ1n) is 6.43. The highest BCUT2D eigenvalue weighted by Gasteiger charge is 2.20. The van der Waals surface area contributed by atoms with Crippen molar-refractivity contribution < 1.29 is 9.19 Å². The van der Waals surface area contributed by atoms with Crippen LogP contribution >= 0.6 is 0 Å². The number of aromatic nitrogens is 6. The first-order chi connectivity index (χ1) is 8.66. The molecule has 0 aliphatic heterocycles. The molecule has 0 saturated heterocycles. The van der Waals surface area contributed by atoms with Crippen LogP contribution in [0.5, 0.6) is 0 Å². The molecule has 0 N–H and O–H groups in total. The molecule has 2 aromatic heterocycles. The van der Waals surface area contributed by atoms with Crippen molar-refractivity contribution in [2.45, 2.75) is 52.6 Å². The number of rotatable bonds is 2. The second-order valence-electron chi connectivity index (χ2n) is 6.72. The van der Waals surface area contributed by atoms with E-state index in [2.05, 4.69) is 60.9 Å². The van der Waals surface area contributed by atoms with Crippen LogP contribution in [0.15, 0.2) is 25.3 Å². The van der Waals surface area contributed by atoms with E-state index in [-0.39, 0.29) is 11.1 Å². The molecular weight excluding hydrogens is 239 g/mol. The van der Waals surface area contributed by atoms with Crippen LogP contribution in [0.3, 0.4) is 0 Å². The molecular formula is C12H22BN6+. The number of hydrogen-bond acceptors (Lipinski definition) is 2. The topological polar surface area (TPSA) is 43.4 Å². The summed E-state index contributed by atoms with van der Waals surface area (Å²) >= 11 is 0. The molecule has 2 radical (unpaired) electrons. The molecule has 0 spiro atoms. The zero-order chi connectivity index (χ0) is 14.3. The van der Waals surface area contributed by atoms with Crippen LogP contribution in [0.2, 0.25) is 0 Å². The fraction of sp³-hybridized carbons (Fsp3) is 0.667. The summed E-state index contributed by atoms with van der Waals surface area (Å²) in [5, 5.41) is 8.61. The highest BCUT2D eigenvalue weighted by molar-refractivity contribution is 6.11. The number of nitrogens with zero attached hydrogens (tertiary/aromatic N) is 6. The zero-order valence-electron chi connectivity index (χ0n) is 12.6. The second kappa shape index (κ2) is 4.47. The van der Waals surface area contributed by atoms with E-state index in [0.717, 1.165) is 0 Å². The van der Waals surface area contributed by atoms with Crippen molar-refractivity contribution in [3.63, 3.8) is 0 Å². The lowest BCUT2D eigenvalue weighted by Gasteiger charge is -2.13. The molecule has 19 heavy (non-hydrogen) atoms. The monoisotopic (exact) mass is 261 g/mol. The van der Waals surface area contributed by atoms with Crippen LogP contribution in [-0.4, -0.2) is 26.9 Å². The second-order valence-corrected chi connectivity index (χ2v) is 6.72. The third-order valence-corrected chi connectivity index (χ3v) is 2.89. The van der Waals surface area contributed by atoms with E-state index in [1.54, 1.807) is 9.19 Å². The average molecular weight is 261 g/mol. The molecule has 102 valence electrons. The van der Waals surface area contributed by atoms with E-state index in [1.807, 2.05) is 32.9 Å². The summed E-state index contributed by atoms with van der Waals surface area (Å²) in [5.41, 5.74) is 0.0586. The molecule has 0 aliphatic rings. The molecule has 0 bridgehead atoms. The van der Waals surface area contributed by atoms with E-state index in [9.17, 15) is 0 Å². The van der Waals surface area contributed by atoms with Crippen molar-refractivity contribution in [2.75, 3.05) is 0 Å². The summed E-state index contributed by atoms with van der Waals surface area (Å²) in [6.45, 7) is 12.8. The zero-order valence-corrected chi connectivity index (χ0v) is 12.6. The summed E-state index contributed by atoms with van der Waals surface area (Å²) in [5.74, 6) is 0. The molecule has 0 aromatic carbocycles. The van der Waals surface area contributed by atoms with Gasteiger partial charge in [0.2, 0.25) is 25.3 Å². The van der Waals surface area contributed by atoms with Crippen LogP contribution in [0, 0.1) is 0 Å². The summed E-state index contributed by atoms with van der Waals surface area (Å²) in [6.07, 6.45) is 7.53. The van der Waals surface area contributed by atoms with E-state index >= 15 is 0 Å². The van der Waals surface area contributed by atoms with Gasteiger partial charge in [0.1, 0.15) is 11.1 Å². The standard InChI is InChI=1S/C12H22BN6/c1-11(2,3)16-7-14-18(9-16)13-19-10-17(8-15-19)12(4,5)6/h7-10H,1-6H3/q+1. The van der Waals surface area contributed by atoms with Gasteiger partial charge in [-0.3, -0.25) is 0 Å². The summed E-state index contributed by atoms with van der Waals surface area (Å²) in [7, 11) is 1.84. The molecule has 2 heterocycles. The maximum Gasteiger partial charge on any atom is 0.280 e. The van der Waals surface area contributed by atoms with Crippen molar-refractivity contribution in [3.05, 3.63) is 25.3 Å². The minimum atomic E-state index is 0.0293. The minimum absolute atomic E-state index is 0.0293. The third-order valence-electron chi connectivity index (χ3n) is 2.89. The Labute approximate surface area is 115 Å². The van der Waals surface area contributed by atoms with Gasteiger partial charge in [0.15, 0.2) is 0 Å². The lowest BCUT2D eigenvalue weighted by atomic mass is 10.1. The van der Waals surface area contributed by atoms with Gasteiger partial charge in [-0.1, -0.05) is 10.2 Å². The van der Waals surface area contributed by atoms with Crippen molar-refractivity contribution >= 4 is 7.55 Å². The van der Waals surface area contributed by atoms with Gasteiger partial charge in [-0.15, -0.1) is 0 Å². The molecule has 2 aromatic rings. The highest BCUT2D eigenvalue weighted by Crippen LogP contribution is 2.10. The van der Waals surface area contributed by atoms with Crippen molar-refractivity contribution in [3.8, 4) is 0 Å². The molecule has 7 heteroatoms. The summed E-state index contributed by atoms with van der Waals surface area (Å²) in [6, 6.07) is 0. The molecule has 0 saturated carbocycles. The molecule has 0 aliphatic carbocycles. The molecule has 0 fully saturated rings. The minimum Gasteiger partial charge on any atom is -0.339 e. The third kappa shape index (κ3) is 3.21. The van der Waals surface area contributed by atoms with Gasteiger partial charge >= 0.3 is 0 Å². The van der Waals surface area contributed by atoms with Crippen molar-refractivity contribution in [2.24, 2.45) is 0 Å². The molecule has 0 atom stereocenters. The summed E-state index contributed by atoms with van der Waals surface area (Å²) < 4.78 is 7.63. The quantitative estimate of drug-likeness (QED) is 0.719. The summed E-state index contributed by atoms with van der Waals surface area (Å²) in [4.78, 5) is 0. The fourth-order valence-electron chi connectivity index (χ4n) is 1.54. The molecule has 2 rings (SSSR count).